The number of carbonyl (C=O) groups excluding carboxylic acids is 1. The molecule has 0 aliphatic carbocycles. The van der Waals surface area contributed by atoms with Gasteiger partial charge in [-0.3, -0.25) is 4.79 Å². The van der Waals surface area contributed by atoms with Crippen molar-refractivity contribution in [3.8, 4) is 11.8 Å². The van der Waals surface area contributed by atoms with Crippen molar-refractivity contribution in [2.75, 3.05) is 32.8 Å². The van der Waals surface area contributed by atoms with Crippen LogP contribution < -0.4 is 15.8 Å². The van der Waals surface area contributed by atoms with Crippen LogP contribution >= 0.6 is 35.1 Å². The van der Waals surface area contributed by atoms with Crippen LogP contribution in [0.2, 0.25) is 10.0 Å². The monoisotopic (exact) mass is 468 g/mol. The van der Waals surface area contributed by atoms with Gasteiger partial charge in [-0.2, -0.15) is 5.26 Å². The van der Waals surface area contributed by atoms with Crippen LogP contribution in [0, 0.1) is 22.6 Å². The van der Waals surface area contributed by atoms with E-state index >= 15 is 0 Å². The largest absolute Gasteiger partial charge is 0.493 e. The summed E-state index contributed by atoms with van der Waals surface area (Å²) in [4.78, 5) is 12.5. The quantitative estimate of drug-likeness (QED) is 0.576. The number of hydrogen-bond acceptors (Lipinski definition) is 6. The molecule has 2 aromatic carbocycles. The van der Waals surface area contributed by atoms with E-state index in [-0.39, 0.29) is 30.0 Å². The molecule has 1 amide bonds. The lowest BCUT2D eigenvalue weighted by Crippen LogP contribution is -2.61. The number of hydrogen-bond donors (Lipinski definition) is 2. The number of nitrogens with two attached hydrogens (primary N) is 1. The Labute approximate surface area is 188 Å². The highest BCUT2D eigenvalue weighted by Gasteiger charge is 2.44. The van der Waals surface area contributed by atoms with Crippen LogP contribution in [-0.4, -0.2) is 43.0 Å². The maximum Gasteiger partial charge on any atom is 0.233 e. The van der Waals surface area contributed by atoms with Gasteiger partial charge in [0.1, 0.15) is 17.6 Å². The zero-order valence-electron chi connectivity index (χ0n) is 15.8. The lowest BCUT2D eigenvalue weighted by molar-refractivity contribution is -0.121. The molecule has 1 saturated heterocycles. The fraction of sp³-hybridized carbons (Fsp3) is 0.300. The van der Waals surface area contributed by atoms with Gasteiger partial charge in [0.05, 0.1) is 23.7 Å². The second-order valence-electron chi connectivity index (χ2n) is 6.99. The highest BCUT2D eigenvalue weighted by Crippen LogP contribution is 2.41. The molecule has 10 heteroatoms. The smallest absolute Gasteiger partial charge is 0.233 e. The fourth-order valence-electron chi connectivity index (χ4n) is 2.98. The Morgan fingerprint density at radius 3 is 2.73 bits per heavy atom. The molecule has 158 valence electrons. The molecule has 0 radical (unpaired) electrons. The van der Waals surface area contributed by atoms with Gasteiger partial charge in [-0.05, 0) is 42.3 Å². The van der Waals surface area contributed by atoms with Crippen molar-refractivity contribution in [2.45, 2.75) is 4.90 Å². The van der Waals surface area contributed by atoms with Gasteiger partial charge in [0.15, 0.2) is 0 Å². The molecule has 0 bridgehead atoms. The molecule has 1 heterocycles. The number of nitriles is 1. The molecule has 0 unspecified atom stereocenters. The number of amides is 1. The third kappa shape index (κ3) is 5.56. The molecule has 0 aromatic heterocycles. The first-order chi connectivity index (χ1) is 14.3. The number of halogens is 3. The molecular formula is C20H19Cl2FN4O2S. The molecule has 3 N–H and O–H groups in total. The second kappa shape index (κ2) is 9.86. The van der Waals surface area contributed by atoms with E-state index in [1.54, 1.807) is 24.3 Å². The van der Waals surface area contributed by atoms with Gasteiger partial charge in [-0.1, -0.05) is 23.2 Å². The fourth-order valence-corrected chi connectivity index (χ4v) is 4.72. The Hall–Kier alpha value is -2.02. The van der Waals surface area contributed by atoms with E-state index in [9.17, 15) is 9.18 Å². The van der Waals surface area contributed by atoms with E-state index in [0.717, 1.165) is 4.90 Å². The number of carbonyl (C=O) groups is 1. The van der Waals surface area contributed by atoms with E-state index < -0.39 is 5.82 Å². The minimum atomic E-state index is -0.636. The minimum absolute atomic E-state index is 0.0432. The average Bonchev–Trinajstić information content (AvgIpc) is 2.70. The van der Waals surface area contributed by atoms with Crippen molar-refractivity contribution in [3.63, 3.8) is 0 Å². The number of nitrogens with zero attached hydrogens (tertiary/aromatic N) is 2. The third-order valence-electron chi connectivity index (χ3n) is 4.60. The molecule has 30 heavy (non-hydrogen) atoms. The number of nitrogens with one attached hydrogen (secondary N) is 1. The van der Waals surface area contributed by atoms with Crippen LogP contribution in [0.4, 0.5) is 4.39 Å². The van der Waals surface area contributed by atoms with Crippen molar-refractivity contribution in [3.05, 3.63) is 57.8 Å². The Morgan fingerprint density at radius 1 is 1.33 bits per heavy atom. The molecule has 0 spiro atoms. The summed E-state index contributed by atoms with van der Waals surface area (Å²) in [5, 5.41) is 12.8. The average molecular weight is 469 g/mol. The molecule has 0 atom stereocenters. The summed E-state index contributed by atoms with van der Waals surface area (Å²) in [6.45, 7) is 1.75. The summed E-state index contributed by atoms with van der Waals surface area (Å²) in [5.74, 6) is -0.572. The van der Waals surface area contributed by atoms with E-state index in [1.807, 2.05) is 6.07 Å². The summed E-state index contributed by atoms with van der Waals surface area (Å²) in [5.41, 5.74) is 4.96. The van der Waals surface area contributed by atoms with Crippen molar-refractivity contribution in [2.24, 2.45) is 11.1 Å². The van der Waals surface area contributed by atoms with Gasteiger partial charge >= 0.3 is 0 Å². The highest BCUT2D eigenvalue weighted by molar-refractivity contribution is 7.97. The Bertz CT molecular complexity index is 980. The van der Waals surface area contributed by atoms with Crippen LogP contribution in [0.25, 0.3) is 0 Å². The normalized spacial score (nSPS) is 15.2. The van der Waals surface area contributed by atoms with Crippen LogP contribution in [0.3, 0.4) is 0 Å². The maximum absolute atomic E-state index is 13.8. The topological polar surface area (TPSA) is 91.4 Å². The molecule has 6 nitrogen and oxygen atoms in total. The second-order valence-corrected chi connectivity index (χ2v) is 8.97. The first kappa shape index (κ1) is 22.7. The van der Waals surface area contributed by atoms with Crippen LogP contribution in [0.5, 0.6) is 5.75 Å². The lowest BCUT2D eigenvalue weighted by Gasteiger charge is -2.49. The van der Waals surface area contributed by atoms with Gasteiger partial charge < -0.3 is 15.8 Å². The molecule has 1 aliphatic rings. The summed E-state index contributed by atoms with van der Waals surface area (Å²) in [7, 11) is 0. The number of rotatable bonds is 8. The van der Waals surface area contributed by atoms with Gasteiger partial charge in [0, 0.05) is 41.0 Å². The van der Waals surface area contributed by atoms with Gasteiger partial charge in [-0.25, -0.2) is 8.70 Å². The summed E-state index contributed by atoms with van der Waals surface area (Å²) >= 11 is 13.7. The molecular weight excluding hydrogens is 450 g/mol. The van der Waals surface area contributed by atoms with E-state index in [0.29, 0.717) is 35.4 Å². The van der Waals surface area contributed by atoms with Crippen molar-refractivity contribution in [1.29, 1.82) is 5.26 Å². The van der Waals surface area contributed by atoms with Crippen LogP contribution in [-0.2, 0) is 4.79 Å². The van der Waals surface area contributed by atoms with Gasteiger partial charge in [-0.15, -0.1) is 0 Å². The molecule has 1 fully saturated rings. The SMILES string of the molecule is N#Cc1ccc(OCC2(CNC(=O)CN)CN(Sc3ccc(Cl)cc3Cl)C2)cc1F. The standard InChI is InChI=1S/C20H19Cl2FN4O2S/c21-14-2-4-18(16(22)5-14)30-27-10-20(11-27,9-26-19(28)8-25)12-29-15-3-1-13(7-24)17(23)6-15/h1-6H,8-12,25H2,(H,26,28). The Morgan fingerprint density at radius 2 is 2.10 bits per heavy atom. The van der Waals surface area contributed by atoms with Gasteiger partial charge in [0.2, 0.25) is 5.91 Å². The minimum Gasteiger partial charge on any atom is -0.493 e. The molecule has 2 aromatic rings. The summed E-state index contributed by atoms with van der Waals surface area (Å²) in [6.07, 6.45) is 0. The predicted octanol–water partition coefficient (Wildman–Crippen LogP) is 3.47. The summed E-state index contributed by atoms with van der Waals surface area (Å²) < 4.78 is 21.7. The Kier molecular flexibility index (Phi) is 7.45. The first-order valence-electron chi connectivity index (χ1n) is 9.01. The predicted molar refractivity (Wildman–Crippen MR) is 115 cm³/mol. The van der Waals surface area contributed by atoms with Crippen molar-refractivity contribution >= 4 is 41.1 Å². The number of benzene rings is 2. The van der Waals surface area contributed by atoms with E-state index in [2.05, 4.69) is 9.62 Å². The zero-order chi connectivity index (χ0) is 21.7. The molecule has 0 saturated carbocycles. The van der Waals surface area contributed by atoms with Crippen LogP contribution in [0.15, 0.2) is 41.3 Å². The molecule has 1 aliphatic heterocycles. The Balaban J connectivity index is 1.65. The molecule has 3 rings (SSSR count). The van der Waals surface area contributed by atoms with E-state index in [1.165, 1.54) is 24.1 Å². The number of ether oxygens (including phenoxy) is 1. The van der Waals surface area contributed by atoms with Crippen molar-refractivity contribution in [1.82, 2.24) is 9.62 Å². The van der Waals surface area contributed by atoms with Crippen LogP contribution in [0.1, 0.15) is 5.56 Å². The third-order valence-corrected chi connectivity index (χ3v) is 6.33. The lowest BCUT2D eigenvalue weighted by atomic mass is 9.82. The van der Waals surface area contributed by atoms with E-state index in [4.69, 9.17) is 38.9 Å². The van der Waals surface area contributed by atoms with Gasteiger partial charge in [0.25, 0.3) is 0 Å². The maximum atomic E-state index is 13.8. The summed E-state index contributed by atoms with van der Waals surface area (Å²) in [6, 6.07) is 11.2. The zero-order valence-corrected chi connectivity index (χ0v) is 18.2. The first-order valence-corrected chi connectivity index (χ1v) is 10.5. The van der Waals surface area contributed by atoms with Crippen molar-refractivity contribution < 1.29 is 13.9 Å². The highest BCUT2D eigenvalue weighted by atomic mass is 35.5.